The summed E-state index contributed by atoms with van der Waals surface area (Å²) >= 11 is 5.04. The van der Waals surface area contributed by atoms with E-state index in [9.17, 15) is 9.59 Å². The first kappa shape index (κ1) is 7.28. The van der Waals surface area contributed by atoms with Gasteiger partial charge in [0.15, 0.2) is 0 Å². The summed E-state index contributed by atoms with van der Waals surface area (Å²) in [6, 6.07) is 0. The summed E-state index contributed by atoms with van der Waals surface area (Å²) in [7, 11) is 0. The summed E-state index contributed by atoms with van der Waals surface area (Å²) in [5.41, 5.74) is 0. The van der Waals surface area contributed by atoms with E-state index in [1.807, 2.05) is 0 Å². The zero-order chi connectivity index (χ0) is 7.56. The van der Waals surface area contributed by atoms with E-state index < -0.39 is 17.3 Å². The molecule has 3 nitrogen and oxygen atoms in total. The summed E-state index contributed by atoms with van der Waals surface area (Å²) in [4.78, 5) is 20.6. The standard InChI is InChI=1S/C6H5ClO3/c7-5(8)3-4-1-2-6(9)10-4/h1-2,4H,3H2. The molecule has 0 amide bonds. The van der Waals surface area contributed by atoms with E-state index in [4.69, 9.17) is 11.6 Å². The number of hydrogen-bond acceptors (Lipinski definition) is 3. The van der Waals surface area contributed by atoms with Gasteiger partial charge in [-0.25, -0.2) is 4.79 Å². The van der Waals surface area contributed by atoms with Crippen LogP contribution in [-0.2, 0) is 14.3 Å². The van der Waals surface area contributed by atoms with Crippen molar-refractivity contribution in [3.05, 3.63) is 12.2 Å². The molecule has 0 aliphatic carbocycles. The number of carbonyl (C=O) groups excluding carboxylic acids is 2. The molecule has 0 saturated carbocycles. The molecule has 1 aliphatic heterocycles. The van der Waals surface area contributed by atoms with E-state index in [1.54, 1.807) is 0 Å². The molecule has 0 aromatic heterocycles. The zero-order valence-corrected chi connectivity index (χ0v) is 5.80. The third-order valence-electron chi connectivity index (χ3n) is 1.08. The first-order valence-electron chi connectivity index (χ1n) is 2.75. The summed E-state index contributed by atoms with van der Waals surface area (Å²) in [5, 5.41) is -0.496. The van der Waals surface area contributed by atoms with Crippen molar-refractivity contribution in [1.82, 2.24) is 0 Å². The largest absolute Gasteiger partial charge is 0.454 e. The van der Waals surface area contributed by atoms with Crippen molar-refractivity contribution in [2.75, 3.05) is 0 Å². The molecule has 0 aromatic carbocycles. The quantitative estimate of drug-likeness (QED) is 0.440. The van der Waals surface area contributed by atoms with Gasteiger partial charge < -0.3 is 4.74 Å². The van der Waals surface area contributed by atoms with Gasteiger partial charge in [-0.1, -0.05) is 0 Å². The van der Waals surface area contributed by atoms with Crippen LogP contribution >= 0.6 is 11.6 Å². The number of halogens is 1. The van der Waals surface area contributed by atoms with Gasteiger partial charge in [0.2, 0.25) is 5.24 Å². The molecule has 0 bridgehead atoms. The monoisotopic (exact) mass is 160 g/mol. The molecular weight excluding hydrogens is 156 g/mol. The molecule has 0 spiro atoms. The highest BCUT2D eigenvalue weighted by atomic mass is 35.5. The lowest BCUT2D eigenvalue weighted by Crippen LogP contribution is -2.10. The normalized spacial score (nSPS) is 22.9. The molecule has 1 atom stereocenters. The van der Waals surface area contributed by atoms with E-state index in [1.165, 1.54) is 12.2 Å². The molecule has 0 aromatic rings. The molecule has 1 aliphatic rings. The smallest absolute Gasteiger partial charge is 0.331 e. The Hall–Kier alpha value is -0.830. The van der Waals surface area contributed by atoms with Crippen molar-refractivity contribution in [3.63, 3.8) is 0 Å². The fourth-order valence-electron chi connectivity index (χ4n) is 0.682. The second kappa shape index (κ2) is 2.84. The Balaban J connectivity index is 2.40. The Morgan fingerprint density at radius 2 is 2.50 bits per heavy atom. The van der Waals surface area contributed by atoms with Gasteiger partial charge in [-0.3, -0.25) is 4.79 Å². The molecule has 1 unspecified atom stereocenters. The van der Waals surface area contributed by atoms with Crippen LogP contribution in [0.2, 0.25) is 0 Å². The number of ether oxygens (including phenoxy) is 1. The Kier molecular flexibility index (Phi) is 2.06. The van der Waals surface area contributed by atoms with E-state index in [2.05, 4.69) is 4.74 Å². The van der Waals surface area contributed by atoms with E-state index in [0.717, 1.165) is 0 Å². The minimum Gasteiger partial charge on any atom is -0.454 e. The van der Waals surface area contributed by atoms with Crippen LogP contribution in [0.4, 0.5) is 0 Å². The SMILES string of the molecule is O=C(Cl)CC1C=CC(=O)O1. The first-order valence-corrected chi connectivity index (χ1v) is 3.13. The van der Waals surface area contributed by atoms with E-state index in [-0.39, 0.29) is 6.42 Å². The van der Waals surface area contributed by atoms with Crippen molar-refractivity contribution in [2.24, 2.45) is 0 Å². The van der Waals surface area contributed by atoms with Crippen LogP contribution < -0.4 is 0 Å². The second-order valence-electron chi connectivity index (χ2n) is 1.89. The first-order chi connectivity index (χ1) is 4.68. The van der Waals surface area contributed by atoms with Crippen LogP contribution in [0, 0.1) is 0 Å². The Morgan fingerprint density at radius 3 is 2.90 bits per heavy atom. The van der Waals surface area contributed by atoms with Crippen molar-refractivity contribution < 1.29 is 14.3 Å². The van der Waals surface area contributed by atoms with Gasteiger partial charge in [-0.2, -0.15) is 0 Å². The van der Waals surface area contributed by atoms with Gasteiger partial charge in [0.05, 0.1) is 6.42 Å². The topological polar surface area (TPSA) is 43.4 Å². The molecule has 0 N–H and O–H groups in total. The van der Waals surface area contributed by atoms with Crippen molar-refractivity contribution in [1.29, 1.82) is 0 Å². The highest BCUT2D eigenvalue weighted by Crippen LogP contribution is 2.09. The molecule has 1 rings (SSSR count). The molecule has 0 fully saturated rings. The van der Waals surface area contributed by atoms with Crippen LogP contribution in [0.5, 0.6) is 0 Å². The van der Waals surface area contributed by atoms with Gasteiger partial charge in [0.1, 0.15) is 6.10 Å². The summed E-state index contributed by atoms with van der Waals surface area (Å²) in [6.07, 6.45) is 2.41. The average molecular weight is 161 g/mol. The fourth-order valence-corrected chi connectivity index (χ4v) is 0.834. The van der Waals surface area contributed by atoms with Crippen LogP contribution in [0.3, 0.4) is 0 Å². The lowest BCUT2D eigenvalue weighted by Gasteiger charge is -2.02. The molecule has 1 heterocycles. The van der Waals surface area contributed by atoms with Gasteiger partial charge >= 0.3 is 5.97 Å². The van der Waals surface area contributed by atoms with E-state index in [0.29, 0.717) is 0 Å². The summed E-state index contributed by atoms with van der Waals surface area (Å²) in [6.45, 7) is 0. The third kappa shape index (κ3) is 1.84. The number of carbonyl (C=O) groups is 2. The van der Waals surface area contributed by atoms with Crippen LogP contribution in [0.1, 0.15) is 6.42 Å². The van der Waals surface area contributed by atoms with E-state index >= 15 is 0 Å². The molecule has 0 radical (unpaired) electrons. The second-order valence-corrected chi connectivity index (χ2v) is 2.32. The lowest BCUT2D eigenvalue weighted by molar-refractivity contribution is -0.139. The van der Waals surface area contributed by atoms with Crippen molar-refractivity contribution in [3.8, 4) is 0 Å². The number of cyclic esters (lactones) is 1. The molecule has 0 saturated heterocycles. The maximum atomic E-state index is 10.4. The Morgan fingerprint density at radius 1 is 1.80 bits per heavy atom. The predicted molar refractivity (Wildman–Crippen MR) is 34.5 cm³/mol. The zero-order valence-electron chi connectivity index (χ0n) is 5.04. The van der Waals surface area contributed by atoms with Crippen LogP contribution in [-0.4, -0.2) is 17.3 Å². The van der Waals surface area contributed by atoms with Gasteiger partial charge in [0.25, 0.3) is 0 Å². The minimum absolute atomic E-state index is 0.0593. The Labute approximate surface area is 62.6 Å². The number of esters is 1. The maximum absolute atomic E-state index is 10.4. The van der Waals surface area contributed by atoms with Crippen molar-refractivity contribution >= 4 is 22.8 Å². The van der Waals surface area contributed by atoms with Gasteiger partial charge in [0, 0.05) is 6.08 Å². The minimum atomic E-state index is -0.496. The van der Waals surface area contributed by atoms with Gasteiger partial charge in [-0.15, -0.1) is 0 Å². The fraction of sp³-hybridized carbons (Fsp3) is 0.333. The number of hydrogen-bond donors (Lipinski definition) is 0. The van der Waals surface area contributed by atoms with Crippen LogP contribution in [0.25, 0.3) is 0 Å². The number of rotatable bonds is 2. The average Bonchev–Trinajstić information content (AvgIpc) is 2.13. The highest BCUT2D eigenvalue weighted by molar-refractivity contribution is 6.63. The van der Waals surface area contributed by atoms with Crippen molar-refractivity contribution in [2.45, 2.75) is 12.5 Å². The van der Waals surface area contributed by atoms with Crippen LogP contribution in [0.15, 0.2) is 12.2 Å². The molecule has 10 heavy (non-hydrogen) atoms. The highest BCUT2D eigenvalue weighted by Gasteiger charge is 2.18. The third-order valence-corrected chi connectivity index (χ3v) is 1.23. The lowest BCUT2D eigenvalue weighted by atomic mass is 10.3. The molecule has 54 valence electrons. The Bertz CT molecular complexity index is 197. The summed E-state index contributed by atoms with van der Waals surface area (Å²) in [5.74, 6) is -0.414. The molecular formula is C6H5ClO3. The summed E-state index contributed by atoms with van der Waals surface area (Å²) < 4.78 is 4.62. The maximum Gasteiger partial charge on any atom is 0.331 e. The predicted octanol–water partition coefficient (Wildman–Crippen LogP) is 0.623. The van der Waals surface area contributed by atoms with Gasteiger partial charge in [-0.05, 0) is 17.7 Å². The molecule has 4 heteroatoms.